The van der Waals surface area contributed by atoms with Gasteiger partial charge in [-0.25, -0.2) is 12.8 Å². The van der Waals surface area contributed by atoms with Crippen molar-refractivity contribution in [3.8, 4) is 0 Å². The SMILES string of the molecule is COC[C@@]1(C(=O)O)[C@H](c2ccc(F)cc2)[C@@H]1S(C)(=O)=O. The lowest BCUT2D eigenvalue weighted by Gasteiger charge is -2.11. The van der Waals surface area contributed by atoms with E-state index in [1.165, 1.54) is 31.4 Å². The zero-order valence-electron chi connectivity index (χ0n) is 11.0. The summed E-state index contributed by atoms with van der Waals surface area (Å²) in [4.78, 5) is 11.6. The standard InChI is InChI=1S/C13H15FO5S/c1-19-7-13(12(15)16)10(11(13)20(2,17)18)8-3-5-9(14)6-4-8/h3-6,10-11H,7H2,1-2H3,(H,15,16)/t10-,11+,13-/m1/s1. The van der Waals surface area contributed by atoms with E-state index in [0.29, 0.717) is 5.56 Å². The Hall–Kier alpha value is -1.47. The molecule has 0 unspecified atom stereocenters. The van der Waals surface area contributed by atoms with Gasteiger partial charge in [0.05, 0.1) is 11.9 Å². The van der Waals surface area contributed by atoms with Crippen LogP contribution in [0.15, 0.2) is 24.3 Å². The fourth-order valence-electron chi connectivity index (χ4n) is 2.90. The van der Waals surface area contributed by atoms with E-state index in [9.17, 15) is 22.7 Å². The number of methoxy groups -OCH3 is 1. The first-order valence-electron chi connectivity index (χ1n) is 5.92. The molecule has 1 saturated carbocycles. The predicted octanol–water partition coefficient (Wildman–Crippen LogP) is 1.05. The fourth-order valence-corrected chi connectivity index (χ4v) is 4.80. The average molecular weight is 302 g/mol. The maximum atomic E-state index is 12.9. The summed E-state index contributed by atoms with van der Waals surface area (Å²) in [6.45, 7) is -0.206. The number of aliphatic carboxylic acids is 1. The molecule has 5 nitrogen and oxygen atoms in total. The minimum Gasteiger partial charge on any atom is -0.481 e. The van der Waals surface area contributed by atoms with E-state index in [1.54, 1.807) is 0 Å². The van der Waals surface area contributed by atoms with Crippen molar-refractivity contribution < 1.29 is 27.4 Å². The number of halogens is 1. The summed E-state index contributed by atoms with van der Waals surface area (Å²) in [7, 11) is -2.24. The van der Waals surface area contributed by atoms with E-state index in [0.717, 1.165) is 6.26 Å². The second-order valence-electron chi connectivity index (χ2n) is 5.06. The molecule has 3 atom stereocenters. The first-order chi connectivity index (χ1) is 9.25. The molecular formula is C13H15FO5S. The Bertz CT molecular complexity index is 625. The molecule has 1 aliphatic carbocycles. The Morgan fingerprint density at radius 1 is 1.40 bits per heavy atom. The van der Waals surface area contributed by atoms with Gasteiger partial charge in [0, 0.05) is 19.3 Å². The summed E-state index contributed by atoms with van der Waals surface area (Å²) in [5, 5.41) is 8.38. The zero-order valence-corrected chi connectivity index (χ0v) is 11.9. The van der Waals surface area contributed by atoms with Crippen LogP contribution in [-0.2, 0) is 19.4 Å². The van der Waals surface area contributed by atoms with Crippen molar-refractivity contribution in [3.63, 3.8) is 0 Å². The monoisotopic (exact) mass is 302 g/mol. The van der Waals surface area contributed by atoms with E-state index < -0.39 is 38.2 Å². The number of hydrogen-bond donors (Lipinski definition) is 1. The number of hydrogen-bond acceptors (Lipinski definition) is 4. The van der Waals surface area contributed by atoms with Gasteiger partial charge in [0.25, 0.3) is 0 Å². The highest BCUT2D eigenvalue weighted by Crippen LogP contribution is 2.63. The highest BCUT2D eigenvalue weighted by Gasteiger charge is 2.74. The molecule has 0 amide bonds. The van der Waals surface area contributed by atoms with Gasteiger partial charge in [0.15, 0.2) is 9.84 Å². The molecule has 1 aromatic carbocycles. The number of carbonyl (C=O) groups is 1. The molecule has 0 saturated heterocycles. The molecule has 1 aliphatic rings. The minimum absolute atomic E-state index is 0.206. The van der Waals surface area contributed by atoms with Crippen LogP contribution in [0.1, 0.15) is 11.5 Å². The van der Waals surface area contributed by atoms with Crippen molar-refractivity contribution in [1.82, 2.24) is 0 Å². The topological polar surface area (TPSA) is 80.7 Å². The Morgan fingerprint density at radius 3 is 2.35 bits per heavy atom. The highest BCUT2D eigenvalue weighted by molar-refractivity contribution is 7.91. The number of carboxylic acid groups (broad SMARTS) is 1. The molecule has 0 aliphatic heterocycles. The molecule has 0 heterocycles. The minimum atomic E-state index is -3.57. The fraction of sp³-hybridized carbons (Fsp3) is 0.462. The lowest BCUT2D eigenvalue weighted by molar-refractivity contribution is -0.145. The van der Waals surface area contributed by atoms with Crippen molar-refractivity contribution in [2.24, 2.45) is 5.41 Å². The molecule has 1 N–H and O–H groups in total. The van der Waals surface area contributed by atoms with Crippen LogP contribution in [0.4, 0.5) is 4.39 Å². The third-order valence-electron chi connectivity index (χ3n) is 3.73. The first kappa shape index (κ1) is 14.9. The molecule has 1 aromatic rings. The number of carboxylic acids is 1. The van der Waals surface area contributed by atoms with Crippen molar-refractivity contribution in [2.45, 2.75) is 11.2 Å². The lowest BCUT2D eigenvalue weighted by Crippen LogP contribution is -2.28. The van der Waals surface area contributed by atoms with Gasteiger partial charge in [-0.3, -0.25) is 4.79 Å². The van der Waals surface area contributed by atoms with Crippen LogP contribution in [-0.4, -0.2) is 44.7 Å². The molecule has 20 heavy (non-hydrogen) atoms. The van der Waals surface area contributed by atoms with Crippen molar-refractivity contribution >= 4 is 15.8 Å². The van der Waals surface area contributed by atoms with Crippen LogP contribution >= 0.6 is 0 Å². The Labute approximate surface area is 116 Å². The van der Waals surface area contributed by atoms with Crippen LogP contribution in [0.2, 0.25) is 0 Å². The van der Waals surface area contributed by atoms with Gasteiger partial charge in [0.2, 0.25) is 0 Å². The smallest absolute Gasteiger partial charge is 0.314 e. The first-order valence-corrected chi connectivity index (χ1v) is 7.87. The molecule has 2 rings (SSSR count). The van der Waals surface area contributed by atoms with Gasteiger partial charge in [0.1, 0.15) is 11.2 Å². The van der Waals surface area contributed by atoms with Crippen LogP contribution in [0.5, 0.6) is 0 Å². The maximum Gasteiger partial charge on any atom is 0.314 e. The van der Waals surface area contributed by atoms with E-state index in [4.69, 9.17) is 4.74 Å². The van der Waals surface area contributed by atoms with Gasteiger partial charge in [-0.15, -0.1) is 0 Å². The van der Waals surface area contributed by atoms with Crippen LogP contribution in [0.25, 0.3) is 0 Å². The molecule has 0 aromatic heterocycles. The zero-order chi connectivity index (χ0) is 15.1. The lowest BCUT2D eigenvalue weighted by atomic mass is 10.00. The number of rotatable bonds is 5. The van der Waals surface area contributed by atoms with Gasteiger partial charge >= 0.3 is 5.97 Å². The molecule has 1 fully saturated rings. The summed E-state index contributed by atoms with van der Waals surface area (Å²) in [6, 6.07) is 5.20. The summed E-state index contributed by atoms with van der Waals surface area (Å²) in [5.41, 5.74) is -1.01. The van der Waals surface area contributed by atoms with Crippen LogP contribution in [0, 0.1) is 11.2 Å². The Morgan fingerprint density at radius 2 is 1.95 bits per heavy atom. The third-order valence-corrected chi connectivity index (χ3v) is 5.34. The summed E-state index contributed by atoms with van der Waals surface area (Å²) in [6.07, 6.45) is 1.01. The number of sulfone groups is 1. The highest BCUT2D eigenvalue weighted by atomic mass is 32.2. The molecule has 7 heteroatoms. The van der Waals surface area contributed by atoms with Crippen molar-refractivity contribution in [3.05, 3.63) is 35.6 Å². The molecule has 110 valence electrons. The largest absolute Gasteiger partial charge is 0.481 e. The molecule has 0 radical (unpaired) electrons. The second-order valence-corrected chi connectivity index (χ2v) is 7.22. The van der Waals surface area contributed by atoms with E-state index in [1.807, 2.05) is 0 Å². The van der Waals surface area contributed by atoms with Crippen molar-refractivity contribution in [1.29, 1.82) is 0 Å². The van der Waals surface area contributed by atoms with Crippen LogP contribution in [0.3, 0.4) is 0 Å². The maximum absolute atomic E-state index is 12.9. The Kier molecular flexibility index (Phi) is 3.60. The number of ether oxygens (including phenoxy) is 1. The van der Waals surface area contributed by atoms with Gasteiger partial charge < -0.3 is 9.84 Å². The summed E-state index contributed by atoms with van der Waals surface area (Å²) < 4.78 is 41.5. The van der Waals surface area contributed by atoms with E-state index in [2.05, 4.69) is 0 Å². The third kappa shape index (κ3) is 2.20. The van der Waals surface area contributed by atoms with Crippen LogP contribution < -0.4 is 0 Å². The van der Waals surface area contributed by atoms with E-state index >= 15 is 0 Å². The Balaban J connectivity index is 2.49. The van der Waals surface area contributed by atoms with Crippen molar-refractivity contribution in [2.75, 3.05) is 20.0 Å². The van der Waals surface area contributed by atoms with Gasteiger partial charge in [-0.2, -0.15) is 0 Å². The van der Waals surface area contributed by atoms with Gasteiger partial charge in [-0.1, -0.05) is 12.1 Å². The normalized spacial score (nSPS) is 29.1. The second kappa shape index (κ2) is 4.82. The number of benzene rings is 1. The molecule has 0 bridgehead atoms. The molecular weight excluding hydrogens is 287 g/mol. The molecule has 0 spiro atoms. The quantitative estimate of drug-likeness (QED) is 0.879. The average Bonchev–Trinajstić information content (AvgIpc) is 3.01. The predicted molar refractivity (Wildman–Crippen MR) is 69.7 cm³/mol. The van der Waals surface area contributed by atoms with E-state index in [-0.39, 0.29) is 6.61 Å². The van der Waals surface area contributed by atoms with Gasteiger partial charge in [-0.05, 0) is 17.7 Å². The summed E-state index contributed by atoms with van der Waals surface area (Å²) >= 11 is 0. The summed E-state index contributed by atoms with van der Waals surface area (Å²) in [5.74, 6) is -2.40.